The molecule has 0 bridgehead atoms. The lowest BCUT2D eigenvalue weighted by Crippen LogP contribution is -3.04. The lowest BCUT2D eigenvalue weighted by Gasteiger charge is -2.45. The maximum atomic E-state index is 15.8. The maximum Gasteiger partial charge on any atom is 0.161 e. The molecule has 0 aliphatic heterocycles. The van der Waals surface area contributed by atoms with Crippen molar-refractivity contribution in [1.29, 1.82) is 0 Å². The highest BCUT2D eigenvalue weighted by Gasteiger charge is 2.51. The van der Waals surface area contributed by atoms with E-state index >= 15 is 70.2 Å². The van der Waals surface area contributed by atoms with Gasteiger partial charge in [-0.2, -0.15) is 0 Å². The summed E-state index contributed by atoms with van der Waals surface area (Å²) in [5, 5.41) is 0. The number of benzene rings is 5. The molecule has 5 aromatic carbocycles. The average Bonchev–Trinajstić information content (AvgIpc) is 3.15. The summed E-state index contributed by atoms with van der Waals surface area (Å²) in [6.07, 6.45) is -6.55. The van der Waals surface area contributed by atoms with E-state index in [0.717, 1.165) is 6.54 Å². The Morgan fingerprint density at radius 1 is 0.345 bits per heavy atom. The van der Waals surface area contributed by atoms with E-state index in [-0.39, 0.29) is 0 Å². The van der Waals surface area contributed by atoms with Crippen molar-refractivity contribution in [3.63, 3.8) is 0 Å². The third-order valence-corrected chi connectivity index (χ3v) is 9.20. The van der Waals surface area contributed by atoms with Crippen LogP contribution in [0.5, 0.6) is 0 Å². The third-order valence-electron chi connectivity index (χ3n) is 9.20. The summed E-state index contributed by atoms with van der Waals surface area (Å²) in [4.78, 5) is 1.46. The molecule has 1 N–H and O–H groups in total. The van der Waals surface area contributed by atoms with Crippen LogP contribution in [0.1, 0.15) is 27.8 Å². The predicted octanol–water partition coefficient (Wildman–Crippen LogP) is 6.85. The molecule has 0 aromatic heterocycles. The lowest BCUT2D eigenvalue weighted by atomic mass is 9.12. The van der Waals surface area contributed by atoms with Gasteiger partial charge in [-0.25, -0.2) is 70.2 Å². The van der Waals surface area contributed by atoms with E-state index in [4.69, 9.17) is 0 Å². The minimum atomic E-state index is -6.55. The molecule has 0 unspecified atom stereocenters. The van der Waals surface area contributed by atoms with Crippen LogP contribution in [0.2, 0.25) is 0 Å². The van der Waals surface area contributed by atoms with Gasteiger partial charge in [0.25, 0.3) is 0 Å². The number of halogens is 16. The van der Waals surface area contributed by atoms with Crippen molar-refractivity contribution in [2.24, 2.45) is 0 Å². The molecule has 0 radical (unpaired) electrons. The molecular formula is C37H26BF16N. The summed E-state index contributed by atoms with van der Waals surface area (Å²) >= 11 is 0. The van der Waals surface area contributed by atoms with Crippen molar-refractivity contribution < 1.29 is 75.1 Å². The van der Waals surface area contributed by atoms with Gasteiger partial charge in [0, 0.05) is 27.8 Å². The smallest absolute Gasteiger partial charge is 0.161 e. The first-order valence-corrected chi connectivity index (χ1v) is 15.8. The third kappa shape index (κ3) is 6.71. The first kappa shape index (κ1) is 42.7. The Hall–Kier alpha value is -5.00. The highest BCUT2D eigenvalue weighted by Crippen LogP contribution is 2.31. The summed E-state index contributed by atoms with van der Waals surface area (Å²) in [7, 11) is 4.32. The Kier molecular flexibility index (Phi) is 12.1. The molecule has 18 heteroatoms. The van der Waals surface area contributed by atoms with Gasteiger partial charge >= 0.3 is 0 Å². The minimum Gasteiger partial charge on any atom is -0.336 e. The van der Waals surface area contributed by atoms with Crippen LogP contribution in [-0.2, 0) is 6.54 Å². The summed E-state index contributed by atoms with van der Waals surface area (Å²) in [6, 6.07) is 10.5. The number of rotatable bonds is 6. The molecule has 1 nitrogen and oxygen atoms in total. The zero-order valence-corrected chi connectivity index (χ0v) is 29.2. The second kappa shape index (κ2) is 15.6. The fraction of sp³-hybridized carbons (Fsp3) is 0.189. The zero-order chi connectivity index (χ0) is 41.8. The summed E-state index contributed by atoms with van der Waals surface area (Å²) in [5.41, 5.74) is -17.1. The van der Waals surface area contributed by atoms with Gasteiger partial charge in [0.15, 0.2) is 46.5 Å². The van der Waals surface area contributed by atoms with Gasteiger partial charge in [-0.1, -0.05) is 30.3 Å². The van der Waals surface area contributed by atoms with Gasteiger partial charge in [0.05, 0.1) is 14.1 Å². The number of hydrogen-bond donors (Lipinski definition) is 1. The Balaban J connectivity index is 0.000000583. The van der Waals surface area contributed by atoms with Crippen LogP contribution in [-0.4, -0.2) is 20.2 Å². The van der Waals surface area contributed by atoms with E-state index in [9.17, 15) is 0 Å². The van der Waals surface area contributed by atoms with Crippen LogP contribution in [0.15, 0.2) is 30.3 Å². The summed E-state index contributed by atoms with van der Waals surface area (Å²) in [6.45, 7) is 2.28. The van der Waals surface area contributed by atoms with Crippen molar-refractivity contribution >= 4 is 28.0 Å². The van der Waals surface area contributed by atoms with Crippen molar-refractivity contribution in [1.82, 2.24) is 0 Å². The first-order valence-electron chi connectivity index (χ1n) is 15.8. The van der Waals surface area contributed by atoms with E-state index in [1.54, 1.807) is 0 Å². The van der Waals surface area contributed by atoms with Gasteiger partial charge in [0.1, 0.15) is 59.2 Å². The Morgan fingerprint density at radius 2 is 0.545 bits per heavy atom. The number of nitrogens with one attached hydrogen (secondary N) is 1. The van der Waals surface area contributed by atoms with Crippen LogP contribution in [0.4, 0.5) is 70.2 Å². The SMILES string of the molecule is C[NH+](C)Cc1ccccc1.Cc1c(F)c(F)c([B-](c2c(F)c(F)c(C)c(F)c2F)(c2c(F)c(F)c(C)c(F)c2F)c2c(F)c(F)c(C)c(F)c2F)c(F)c1F. The van der Waals surface area contributed by atoms with E-state index < -0.39 is 143 Å². The van der Waals surface area contributed by atoms with Crippen LogP contribution >= 0.6 is 0 Å². The standard InChI is InChI=1S/C28H12BF16.C9H13N/c1-5-13(30)21(38)9(22(39)14(5)31)29(10-23(40)15(32)6(2)16(33)24(10)41,11-25(42)17(34)7(3)18(35)26(11)43)12-27(44)19(36)8(4)20(37)28(12)45;1-10(2)8-9-6-4-3-5-7-9/h1-4H3;3-7H,8H2,1-2H3/q-1;/p+1. The average molecular weight is 799 g/mol. The monoisotopic (exact) mass is 799 g/mol. The molecule has 55 heavy (non-hydrogen) atoms. The summed E-state index contributed by atoms with van der Waals surface area (Å²) in [5.74, 6) is -45.7. The fourth-order valence-electron chi connectivity index (χ4n) is 6.42. The van der Waals surface area contributed by atoms with Crippen LogP contribution in [0.25, 0.3) is 0 Å². The second-order valence-corrected chi connectivity index (χ2v) is 12.9. The number of hydrogen-bond acceptors (Lipinski definition) is 0. The molecule has 0 atom stereocenters. The fourth-order valence-corrected chi connectivity index (χ4v) is 6.42. The molecule has 0 saturated heterocycles. The van der Waals surface area contributed by atoms with E-state index in [1.165, 1.54) is 10.5 Å². The molecule has 294 valence electrons. The van der Waals surface area contributed by atoms with Gasteiger partial charge in [-0.15, -0.1) is 21.9 Å². The molecule has 0 fully saturated rings. The Morgan fingerprint density at radius 3 is 0.727 bits per heavy atom. The maximum absolute atomic E-state index is 15.8. The molecule has 5 aromatic rings. The van der Waals surface area contributed by atoms with E-state index in [1.807, 2.05) is 0 Å². The van der Waals surface area contributed by atoms with Crippen LogP contribution in [0.3, 0.4) is 0 Å². The van der Waals surface area contributed by atoms with Gasteiger partial charge in [-0.05, 0) is 27.7 Å². The second-order valence-electron chi connectivity index (χ2n) is 12.9. The number of quaternary nitrogens is 1. The molecule has 0 aliphatic carbocycles. The van der Waals surface area contributed by atoms with E-state index in [0.29, 0.717) is 27.7 Å². The Labute approximate surface area is 302 Å². The zero-order valence-electron chi connectivity index (χ0n) is 29.2. The van der Waals surface area contributed by atoms with Gasteiger partial charge in [-0.3, -0.25) is 0 Å². The molecule has 5 rings (SSSR count). The first-order chi connectivity index (χ1) is 25.5. The van der Waals surface area contributed by atoms with Crippen molar-refractivity contribution in [3.05, 3.63) is 151 Å². The van der Waals surface area contributed by atoms with Gasteiger partial charge in [0.2, 0.25) is 0 Å². The topological polar surface area (TPSA) is 4.44 Å². The Bertz CT molecular complexity index is 1940. The highest BCUT2D eigenvalue weighted by molar-refractivity contribution is 7.20. The van der Waals surface area contributed by atoms with E-state index in [2.05, 4.69) is 44.4 Å². The van der Waals surface area contributed by atoms with Crippen molar-refractivity contribution in [3.8, 4) is 0 Å². The normalized spacial score (nSPS) is 11.7. The van der Waals surface area contributed by atoms with Crippen molar-refractivity contribution in [2.45, 2.75) is 34.2 Å². The molecule has 0 saturated carbocycles. The predicted molar refractivity (Wildman–Crippen MR) is 171 cm³/mol. The van der Waals surface area contributed by atoms with Crippen molar-refractivity contribution in [2.75, 3.05) is 14.1 Å². The van der Waals surface area contributed by atoms with Crippen LogP contribution in [0, 0.1) is 121 Å². The lowest BCUT2D eigenvalue weighted by molar-refractivity contribution is -0.872. The largest absolute Gasteiger partial charge is 0.336 e. The molecule has 0 heterocycles. The molecular weight excluding hydrogens is 773 g/mol. The minimum absolute atomic E-state index is 0.292. The molecule has 0 spiro atoms. The molecule has 0 aliphatic rings. The quantitative estimate of drug-likeness (QED) is 0.109. The highest BCUT2D eigenvalue weighted by atomic mass is 19.2. The van der Waals surface area contributed by atoms with Gasteiger partial charge < -0.3 is 4.90 Å². The summed E-state index contributed by atoms with van der Waals surface area (Å²) < 4.78 is 247. The van der Waals surface area contributed by atoms with Crippen LogP contribution < -0.4 is 26.8 Å². The molecule has 0 amide bonds.